The van der Waals surface area contributed by atoms with E-state index in [1.54, 1.807) is 13.0 Å². The van der Waals surface area contributed by atoms with Gasteiger partial charge in [-0.3, -0.25) is 4.79 Å². The Labute approximate surface area is 134 Å². The number of nitrogens with zero attached hydrogens (tertiary/aromatic N) is 1. The van der Waals surface area contributed by atoms with Crippen molar-refractivity contribution in [2.24, 2.45) is 0 Å². The van der Waals surface area contributed by atoms with Crippen LogP contribution in [0.4, 0.5) is 18.2 Å². The highest BCUT2D eigenvalue weighted by Gasteiger charge is 2.38. The number of nitriles is 1. The van der Waals surface area contributed by atoms with E-state index in [-0.39, 0.29) is 18.0 Å². The molecule has 0 bridgehead atoms. The van der Waals surface area contributed by atoms with E-state index in [0.717, 1.165) is 5.38 Å². The fraction of sp³-hybridized carbons (Fsp3) is 0.462. The van der Waals surface area contributed by atoms with Crippen molar-refractivity contribution < 1.29 is 32.2 Å². The van der Waals surface area contributed by atoms with Crippen LogP contribution in [0.25, 0.3) is 0 Å². The van der Waals surface area contributed by atoms with Crippen LogP contribution < -0.4 is 5.73 Å². The van der Waals surface area contributed by atoms with Gasteiger partial charge in [0, 0.05) is 5.38 Å². The molecule has 0 aromatic carbocycles. The summed E-state index contributed by atoms with van der Waals surface area (Å²) in [6.45, 7) is 3.56. The fourth-order valence-corrected chi connectivity index (χ4v) is 2.08. The molecule has 10 heteroatoms. The predicted molar refractivity (Wildman–Crippen MR) is 76.6 cm³/mol. The molecule has 0 saturated heterocycles. The molecule has 0 saturated carbocycles. The van der Waals surface area contributed by atoms with Crippen LogP contribution >= 0.6 is 11.3 Å². The van der Waals surface area contributed by atoms with E-state index < -0.39 is 29.2 Å². The van der Waals surface area contributed by atoms with Gasteiger partial charge in [-0.25, -0.2) is 4.79 Å². The molecule has 0 aliphatic rings. The molecular weight excluding hydrogens is 337 g/mol. The molecular formula is C13H15F3N2O4S. The van der Waals surface area contributed by atoms with Gasteiger partial charge < -0.3 is 15.2 Å². The van der Waals surface area contributed by atoms with Gasteiger partial charge >= 0.3 is 18.1 Å². The van der Waals surface area contributed by atoms with Gasteiger partial charge in [0.2, 0.25) is 0 Å². The van der Waals surface area contributed by atoms with Gasteiger partial charge in [-0.15, -0.1) is 11.3 Å². The van der Waals surface area contributed by atoms with Gasteiger partial charge in [-0.05, 0) is 13.8 Å². The minimum absolute atomic E-state index is 0.00537. The van der Waals surface area contributed by atoms with Crippen molar-refractivity contribution in [2.75, 3.05) is 18.9 Å². The highest BCUT2D eigenvalue weighted by molar-refractivity contribution is 7.14. The van der Waals surface area contributed by atoms with Gasteiger partial charge in [0.25, 0.3) is 0 Å². The third-order valence-corrected chi connectivity index (χ3v) is 2.94. The summed E-state index contributed by atoms with van der Waals surface area (Å²) in [4.78, 5) is 21.4. The third kappa shape index (κ3) is 7.01. The number of carbonyl (C=O) groups is 2. The Morgan fingerprint density at radius 1 is 1.30 bits per heavy atom. The second-order valence-corrected chi connectivity index (χ2v) is 4.66. The summed E-state index contributed by atoms with van der Waals surface area (Å²) in [5, 5.41) is 8.54. The first-order chi connectivity index (χ1) is 10.7. The van der Waals surface area contributed by atoms with Crippen molar-refractivity contribution >= 4 is 28.3 Å². The molecule has 0 aliphatic heterocycles. The lowest BCUT2D eigenvalue weighted by Gasteiger charge is -2.07. The topological polar surface area (TPSA) is 102 Å². The predicted octanol–water partition coefficient (Wildman–Crippen LogP) is 2.99. The van der Waals surface area contributed by atoms with Gasteiger partial charge in [-0.1, -0.05) is 0 Å². The van der Waals surface area contributed by atoms with Gasteiger partial charge in [0.05, 0.1) is 24.8 Å². The number of thiophene rings is 1. The number of halogens is 3. The largest absolute Gasteiger partial charge is 0.465 e. The smallest absolute Gasteiger partial charge is 0.418 e. The number of nitrogens with two attached hydrogens (primary N) is 1. The Morgan fingerprint density at radius 3 is 2.30 bits per heavy atom. The fourth-order valence-electron chi connectivity index (χ4n) is 1.27. The lowest BCUT2D eigenvalue weighted by molar-refractivity contribution is -0.142. The van der Waals surface area contributed by atoms with Gasteiger partial charge in [0.1, 0.15) is 17.0 Å². The molecule has 1 heterocycles. The summed E-state index contributed by atoms with van der Waals surface area (Å²) < 4.78 is 46.1. The van der Waals surface area contributed by atoms with Crippen LogP contribution in [0.5, 0.6) is 0 Å². The summed E-state index contributed by atoms with van der Waals surface area (Å²) in [5.41, 5.74) is 3.66. The Morgan fingerprint density at radius 2 is 1.87 bits per heavy atom. The number of rotatable bonds is 4. The molecule has 23 heavy (non-hydrogen) atoms. The normalized spacial score (nSPS) is 10.1. The second-order valence-electron chi connectivity index (χ2n) is 3.75. The summed E-state index contributed by atoms with van der Waals surface area (Å²) in [5.74, 6) is -1.49. The zero-order valence-corrected chi connectivity index (χ0v) is 13.2. The quantitative estimate of drug-likeness (QED) is 0.836. The zero-order valence-electron chi connectivity index (χ0n) is 12.4. The number of anilines is 1. The first-order valence-electron chi connectivity index (χ1n) is 6.32. The molecule has 0 unspecified atom stereocenters. The van der Waals surface area contributed by atoms with E-state index in [9.17, 15) is 22.8 Å². The molecule has 1 rings (SSSR count). The van der Waals surface area contributed by atoms with Crippen LogP contribution in [0, 0.1) is 11.3 Å². The SMILES string of the molecule is CCOC(=O)CC#N.CCOC(=O)c1c(C(F)(F)F)csc1N. The second kappa shape index (κ2) is 9.68. The number of esters is 2. The van der Waals surface area contributed by atoms with Crippen molar-refractivity contribution in [1.82, 2.24) is 0 Å². The lowest BCUT2D eigenvalue weighted by Crippen LogP contribution is -2.14. The monoisotopic (exact) mass is 352 g/mol. The van der Waals surface area contributed by atoms with Crippen molar-refractivity contribution in [3.8, 4) is 6.07 Å². The van der Waals surface area contributed by atoms with Crippen molar-refractivity contribution in [2.45, 2.75) is 26.4 Å². The van der Waals surface area contributed by atoms with Crippen LogP contribution in [-0.2, 0) is 20.4 Å². The average Bonchev–Trinajstić information content (AvgIpc) is 2.82. The third-order valence-electron chi connectivity index (χ3n) is 2.13. The molecule has 1 aromatic rings. The number of carbonyl (C=O) groups excluding carboxylic acids is 2. The van der Waals surface area contributed by atoms with E-state index in [1.165, 1.54) is 6.92 Å². The molecule has 0 spiro atoms. The Hall–Kier alpha value is -2.28. The highest BCUT2D eigenvalue weighted by atomic mass is 32.1. The standard InChI is InChI=1S/C8H8F3NO2S.C5H7NO2/c1-2-14-7(13)5-4(8(9,10)11)3-15-6(5)12;1-2-8-5(7)3-4-6/h3H,2,12H2,1H3;2-3H2,1H3. The Kier molecular flexibility index (Phi) is 8.72. The van der Waals surface area contributed by atoms with E-state index in [2.05, 4.69) is 9.47 Å². The van der Waals surface area contributed by atoms with Crippen molar-refractivity contribution in [3.05, 3.63) is 16.5 Å². The lowest BCUT2D eigenvalue weighted by atomic mass is 10.2. The molecule has 2 N–H and O–H groups in total. The Balaban J connectivity index is 0.000000515. The Bertz CT molecular complexity index is 579. The molecule has 0 aliphatic carbocycles. The zero-order chi connectivity index (χ0) is 18.0. The number of ether oxygens (including phenoxy) is 2. The first kappa shape index (κ1) is 20.7. The van der Waals surface area contributed by atoms with Crippen LogP contribution in [0.3, 0.4) is 0 Å². The average molecular weight is 352 g/mol. The van der Waals surface area contributed by atoms with Crippen molar-refractivity contribution in [1.29, 1.82) is 5.26 Å². The van der Waals surface area contributed by atoms with Crippen LogP contribution in [0.1, 0.15) is 36.2 Å². The minimum Gasteiger partial charge on any atom is -0.465 e. The maximum Gasteiger partial charge on any atom is 0.418 e. The maximum absolute atomic E-state index is 12.4. The molecule has 6 nitrogen and oxygen atoms in total. The summed E-state index contributed by atoms with van der Waals surface area (Å²) in [7, 11) is 0. The van der Waals surface area contributed by atoms with E-state index in [4.69, 9.17) is 11.0 Å². The summed E-state index contributed by atoms with van der Waals surface area (Å²) in [6.07, 6.45) is -4.73. The summed E-state index contributed by atoms with van der Waals surface area (Å²) in [6, 6.07) is 1.68. The van der Waals surface area contributed by atoms with Crippen LogP contribution in [0.2, 0.25) is 0 Å². The van der Waals surface area contributed by atoms with Crippen LogP contribution in [0.15, 0.2) is 5.38 Å². The minimum atomic E-state index is -4.59. The van der Waals surface area contributed by atoms with E-state index >= 15 is 0 Å². The van der Waals surface area contributed by atoms with E-state index in [0.29, 0.717) is 17.9 Å². The van der Waals surface area contributed by atoms with Crippen LogP contribution in [-0.4, -0.2) is 25.2 Å². The maximum atomic E-state index is 12.4. The molecule has 128 valence electrons. The highest BCUT2D eigenvalue weighted by Crippen LogP contribution is 2.38. The molecule has 0 amide bonds. The molecule has 1 aromatic heterocycles. The molecule has 0 atom stereocenters. The van der Waals surface area contributed by atoms with Crippen molar-refractivity contribution in [3.63, 3.8) is 0 Å². The van der Waals surface area contributed by atoms with Gasteiger partial charge in [0.15, 0.2) is 0 Å². The summed E-state index contributed by atoms with van der Waals surface area (Å²) >= 11 is 0.669. The first-order valence-corrected chi connectivity index (χ1v) is 7.20. The molecule has 0 fully saturated rings. The number of alkyl halides is 3. The molecule has 0 radical (unpaired) electrons. The van der Waals surface area contributed by atoms with E-state index in [1.807, 2.05) is 0 Å². The van der Waals surface area contributed by atoms with Gasteiger partial charge in [-0.2, -0.15) is 18.4 Å². The number of hydrogen-bond acceptors (Lipinski definition) is 7. The number of nitrogen functional groups attached to an aromatic ring is 1. The number of hydrogen-bond donors (Lipinski definition) is 1.